The average Bonchev–Trinajstić information content (AvgIpc) is 2.74. The molecule has 33 heavy (non-hydrogen) atoms. The lowest BCUT2D eigenvalue weighted by Crippen LogP contribution is -2.32. The third kappa shape index (κ3) is 4.82. The molecule has 2 heterocycles. The van der Waals surface area contributed by atoms with Gasteiger partial charge in [0.15, 0.2) is 0 Å². The number of unbranched alkanes of at least 4 members (excludes halogenated alkanes) is 1. The van der Waals surface area contributed by atoms with Crippen LogP contribution < -0.4 is 9.47 Å². The Bertz CT molecular complexity index is 931. The van der Waals surface area contributed by atoms with Crippen LogP contribution in [0.15, 0.2) is 24.3 Å². The van der Waals surface area contributed by atoms with Crippen molar-refractivity contribution in [3.8, 4) is 11.5 Å². The van der Waals surface area contributed by atoms with Crippen molar-refractivity contribution in [3.63, 3.8) is 0 Å². The molecule has 4 heteroatoms. The van der Waals surface area contributed by atoms with Gasteiger partial charge in [0.05, 0.1) is 19.0 Å². The molecule has 0 spiro atoms. The Morgan fingerprint density at radius 3 is 1.58 bits per heavy atom. The van der Waals surface area contributed by atoms with E-state index in [4.69, 9.17) is 22.1 Å². The van der Waals surface area contributed by atoms with E-state index in [1.807, 2.05) is 0 Å². The smallest absolute Gasteiger partial charge is 0.233 e. The molecule has 176 valence electrons. The lowest BCUT2D eigenvalue weighted by molar-refractivity contribution is -0.228. The van der Waals surface area contributed by atoms with Crippen molar-refractivity contribution in [3.05, 3.63) is 57.6 Å². The highest BCUT2D eigenvalue weighted by Gasteiger charge is 2.41. The fraction of sp³-hybridized carbons (Fsp3) is 0.586. The normalized spacial score (nSPS) is 19.4. The summed E-state index contributed by atoms with van der Waals surface area (Å²) in [5, 5.41) is 0. The number of hydrogen-bond acceptors (Lipinski definition) is 3. The van der Waals surface area contributed by atoms with E-state index in [1.54, 1.807) is 0 Å². The molecule has 2 unspecified atom stereocenters. The average molecular weight is 446 g/mol. The van der Waals surface area contributed by atoms with Crippen LogP contribution in [0, 0.1) is 0 Å². The highest BCUT2D eigenvalue weighted by molar-refractivity contribution is 6.08. The molecule has 0 N–H and O–H groups in total. The molecule has 2 aliphatic rings. The topological polar surface area (TPSA) is 27.7 Å². The van der Waals surface area contributed by atoms with Crippen molar-refractivity contribution >= 4 is 7.85 Å². The van der Waals surface area contributed by atoms with Gasteiger partial charge >= 0.3 is 0 Å². The van der Waals surface area contributed by atoms with Crippen molar-refractivity contribution in [2.24, 2.45) is 0 Å². The molecule has 0 saturated heterocycles. The second kappa shape index (κ2) is 9.02. The summed E-state index contributed by atoms with van der Waals surface area (Å²) in [7, 11) is 5.86. The fourth-order valence-corrected chi connectivity index (χ4v) is 4.62. The summed E-state index contributed by atoms with van der Waals surface area (Å²) in [6.07, 6.45) is 4.85. The predicted molar refractivity (Wildman–Crippen MR) is 136 cm³/mol. The van der Waals surface area contributed by atoms with Crippen LogP contribution in [0.5, 0.6) is 11.5 Å². The van der Waals surface area contributed by atoms with E-state index in [0.29, 0.717) is 6.32 Å². The van der Waals surface area contributed by atoms with Crippen LogP contribution in [0.2, 0.25) is 6.32 Å². The molecule has 2 aromatic carbocycles. The lowest BCUT2D eigenvalue weighted by Gasteiger charge is -2.41. The standard InChI is InChI=1S/C29H39BO3/c1-8-9-11-18-14-20(28(2,3)4)16-22-24(18)31-27-23-17-21(29(5,6)7)15-19(12-10-13-30)25(23)32-26(22)33-27/h14-17,26-27H,8-13H2,1-7H3. The van der Waals surface area contributed by atoms with E-state index < -0.39 is 12.6 Å². The van der Waals surface area contributed by atoms with Gasteiger partial charge in [0, 0.05) is 0 Å². The van der Waals surface area contributed by atoms with Crippen molar-refractivity contribution < 1.29 is 14.2 Å². The van der Waals surface area contributed by atoms with Crippen LogP contribution >= 0.6 is 0 Å². The number of aryl methyl sites for hydroxylation is 2. The summed E-state index contributed by atoms with van der Waals surface area (Å²) >= 11 is 0. The van der Waals surface area contributed by atoms with Gasteiger partial charge in [-0.05, 0) is 64.5 Å². The minimum absolute atomic E-state index is 0.0177. The summed E-state index contributed by atoms with van der Waals surface area (Å²) in [5.74, 6) is 1.87. The first-order valence-electron chi connectivity index (χ1n) is 12.6. The summed E-state index contributed by atoms with van der Waals surface area (Å²) < 4.78 is 19.6. The van der Waals surface area contributed by atoms with Crippen molar-refractivity contribution in [1.29, 1.82) is 0 Å². The van der Waals surface area contributed by atoms with Crippen molar-refractivity contribution in [1.82, 2.24) is 0 Å². The first kappa shape index (κ1) is 24.2. The molecule has 0 amide bonds. The minimum Gasteiger partial charge on any atom is -0.459 e. The Morgan fingerprint density at radius 2 is 1.18 bits per heavy atom. The van der Waals surface area contributed by atoms with E-state index >= 15 is 0 Å². The number of fused-ring (bicyclic) bond motifs is 6. The number of rotatable bonds is 6. The molecule has 2 radical (unpaired) electrons. The van der Waals surface area contributed by atoms with E-state index in [1.165, 1.54) is 22.3 Å². The third-order valence-corrected chi connectivity index (χ3v) is 6.78. The second-order valence-electron chi connectivity index (χ2n) is 11.6. The van der Waals surface area contributed by atoms with Crippen LogP contribution in [0.25, 0.3) is 0 Å². The zero-order valence-corrected chi connectivity index (χ0v) is 21.5. The predicted octanol–water partition coefficient (Wildman–Crippen LogP) is 7.64. The van der Waals surface area contributed by atoms with Crippen LogP contribution in [0.3, 0.4) is 0 Å². The number of ether oxygens (including phenoxy) is 3. The minimum atomic E-state index is -0.453. The summed E-state index contributed by atoms with van der Waals surface area (Å²) in [6.45, 7) is 15.7. The van der Waals surface area contributed by atoms with Gasteiger partial charge < -0.3 is 9.47 Å². The fourth-order valence-electron chi connectivity index (χ4n) is 4.62. The van der Waals surface area contributed by atoms with E-state index in [2.05, 4.69) is 72.7 Å². The molecule has 0 aromatic heterocycles. The van der Waals surface area contributed by atoms with E-state index in [0.717, 1.165) is 54.7 Å². The summed E-state index contributed by atoms with van der Waals surface area (Å²) in [6, 6.07) is 9.05. The van der Waals surface area contributed by atoms with Gasteiger partial charge in [0.1, 0.15) is 11.5 Å². The highest BCUT2D eigenvalue weighted by Crippen LogP contribution is 2.52. The van der Waals surface area contributed by atoms with Crippen molar-refractivity contribution in [2.45, 2.75) is 110 Å². The Kier molecular flexibility index (Phi) is 6.61. The lowest BCUT2D eigenvalue weighted by atomic mass is 9.82. The molecule has 2 aliphatic heterocycles. The van der Waals surface area contributed by atoms with Gasteiger partial charge in [-0.2, -0.15) is 0 Å². The molecule has 0 aliphatic carbocycles. The Hall–Kier alpha value is -1.94. The maximum absolute atomic E-state index is 6.63. The molecule has 3 nitrogen and oxygen atoms in total. The van der Waals surface area contributed by atoms with Crippen LogP contribution in [-0.2, 0) is 28.4 Å². The molecule has 0 saturated carbocycles. The monoisotopic (exact) mass is 446 g/mol. The first-order valence-corrected chi connectivity index (χ1v) is 12.6. The molecular formula is C29H39BO3. The zero-order chi connectivity index (χ0) is 24.0. The summed E-state index contributed by atoms with van der Waals surface area (Å²) in [5.41, 5.74) is 7.09. The van der Waals surface area contributed by atoms with Gasteiger partial charge in [0.2, 0.25) is 12.6 Å². The maximum atomic E-state index is 6.63. The second-order valence-corrected chi connectivity index (χ2v) is 11.6. The van der Waals surface area contributed by atoms with Gasteiger partial charge in [-0.25, -0.2) is 0 Å². The molecule has 4 rings (SSSR count). The van der Waals surface area contributed by atoms with Gasteiger partial charge in [-0.3, -0.25) is 4.74 Å². The van der Waals surface area contributed by atoms with E-state index in [-0.39, 0.29) is 10.8 Å². The highest BCUT2D eigenvalue weighted by atomic mass is 16.8. The Morgan fingerprint density at radius 1 is 0.727 bits per heavy atom. The van der Waals surface area contributed by atoms with Gasteiger partial charge in [-0.15, -0.1) is 0 Å². The Labute approximate surface area is 201 Å². The molecule has 2 aromatic rings. The Balaban J connectivity index is 1.82. The van der Waals surface area contributed by atoms with Crippen LogP contribution in [0.4, 0.5) is 0 Å². The maximum Gasteiger partial charge on any atom is 0.233 e. The molecular weight excluding hydrogens is 407 g/mol. The molecule has 2 bridgehead atoms. The number of benzene rings is 2. The summed E-state index contributed by atoms with van der Waals surface area (Å²) in [4.78, 5) is 0. The van der Waals surface area contributed by atoms with Gasteiger partial charge in [0.25, 0.3) is 0 Å². The van der Waals surface area contributed by atoms with Crippen molar-refractivity contribution in [2.75, 3.05) is 0 Å². The van der Waals surface area contributed by atoms with Gasteiger partial charge in [-0.1, -0.05) is 79.8 Å². The largest absolute Gasteiger partial charge is 0.459 e. The quantitative estimate of drug-likeness (QED) is 0.427. The van der Waals surface area contributed by atoms with E-state index in [9.17, 15) is 0 Å². The first-order chi connectivity index (χ1) is 15.5. The zero-order valence-electron chi connectivity index (χ0n) is 21.5. The SMILES string of the molecule is [B]CCCc1cc(C(C)(C)C)cc2c1OC1OC2Oc2c(CCCC)cc(C(C)(C)C)cc21. The molecule has 2 atom stereocenters. The molecule has 0 fully saturated rings. The third-order valence-electron chi connectivity index (χ3n) is 6.78. The van der Waals surface area contributed by atoms with Crippen LogP contribution in [0.1, 0.15) is 114 Å². The number of hydrogen-bond donors (Lipinski definition) is 0. The van der Waals surface area contributed by atoms with Crippen LogP contribution in [-0.4, -0.2) is 7.85 Å².